The van der Waals surface area contributed by atoms with Gasteiger partial charge in [-0.3, -0.25) is 9.59 Å². The second-order valence-electron chi connectivity index (χ2n) is 5.41. The van der Waals surface area contributed by atoms with Gasteiger partial charge in [0.1, 0.15) is 5.54 Å². The van der Waals surface area contributed by atoms with Crippen LogP contribution in [0.5, 0.6) is 0 Å². The molecule has 1 aromatic rings. The predicted molar refractivity (Wildman–Crippen MR) is 82.7 cm³/mol. The average molecular weight is 307 g/mol. The van der Waals surface area contributed by atoms with Gasteiger partial charge in [-0.15, -0.1) is 0 Å². The molecule has 0 saturated carbocycles. The molecule has 1 heterocycles. The maximum absolute atomic E-state index is 13.0. The van der Waals surface area contributed by atoms with Crippen LogP contribution in [-0.4, -0.2) is 29.3 Å². The highest BCUT2D eigenvalue weighted by atomic mass is 35.5. The Labute approximate surface area is 129 Å². The lowest BCUT2D eigenvalue weighted by Crippen LogP contribution is -2.53. The Morgan fingerprint density at radius 1 is 1.38 bits per heavy atom. The number of rotatable bonds is 3. The van der Waals surface area contributed by atoms with Gasteiger partial charge in [0, 0.05) is 24.5 Å². The minimum Gasteiger partial charge on any atom is -0.338 e. The molecule has 0 aliphatic carbocycles. The summed E-state index contributed by atoms with van der Waals surface area (Å²) in [6.45, 7) is 4.01. The largest absolute Gasteiger partial charge is 0.338 e. The highest BCUT2D eigenvalue weighted by molar-refractivity contribution is 6.25. The van der Waals surface area contributed by atoms with Crippen LogP contribution in [0.3, 0.4) is 0 Å². The van der Waals surface area contributed by atoms with E-state index < -0.39 is 5.54 Å². The number of benzene rings is 1. The first kappa shape index (κ1) is 15.6. The molecule has 1 aliphatic rings. The average Bonchev–Trinajstić information content (AvgIpc) is 2.55. The van der Waals surface area contributed by atoms with E-state index in [4.69, 9.17) is 11.6 Å². The van der Waals surface area contributed by atoms with Crippen LogP contribution in [-0.2, 0) is 15.1 Å². The fourth-order valence-electron chi connectivity index (χ4n) is 2.63. The Hall–Kier alpha value is -1.81. The van der Waals surface area contributed by atoms with Gasteiger partial charge in [-0.05, 0) is 19.4 Å². The summed E-state index contributed by atoms with van der Waals surface area (Å²) in [4.78, 5) is 26.8. The van der Waals surface area contributed by atoms with Crippen LogP contribution in [0.4, 0.5) is 0 Å². The number of hydrogen-bond acceptors (Lipinski definition) is 2. The zero-order valence-electron chi connectivity index (χ0n) is 12.2. The Morgan fingerprint density at radius 3 is 2.67 bits per heavy atom. The Balaban J connectivity index is 2.44. The van der Waals surface area contributed by atoms with Crippen molar-refractivity contribution in [1.29, 1.82) is 0 Å². The van der Waals surface area contributed by atoms with Crippen molar-refractivity contribution in [3.8, 4) is 0 Å². The standard InChI is InChI=1S/C16H19ClN2O2/c1-12-11-14(20)18-16(2,13-7-4-3-5-8-13)15(21)19(12)10-6-9-17/h3-9,12H,10-11H2,1-2H3,(H,18,20)/b9-6+. The quantitative estimate of drug-likeness (QED) is 0.932. The fraction of sp³-hybridized carbons (Fsp3) is 0.375. The minimum absolute atomic E-state index is 0.123. The van der Waals surface area contributed by atoms with Crippen LogP contribution in [0.15, 0.2) is 41.9 Å². The molecule has 2 unspecified atom stereocenters. The maximum Gasteiger partial charge on any atom is 0.253 e. The summed E-state index contributed by atoms with van der Waals surface area (Å²) < 4.78 is 0. The number of nitrogens with zero attached hydrogens (tertiary/aromatic N) is 1. The smallest absolute Gasteiger partial charge is 0.253 e. The van der Waals surface area contributed by atoms with Crippen LogP contribution in [0, 0.1) is 0 Å². The van der Waals surface area contributed by atoms with Gasteiger partial charge >= 0.3 is 0 Å². The Morgan fingerprint density at radius 2 is 2.05 bits per heavy atom. The number of halogens is 1. The molecular formula is C16H19ClN2O2. The van der Waals surface area contributed by atoms with Crippen molar-refractivity contribution in [3.63, 3.8) is 0 Å². The van der Waals surface area contributed by atoms with Crippen molar-refractivity contribution in [2.45, 2.75) is 31.8 Å². The van der Waals surface area contributed by atoms with Gasteiger partial charge in [-0.25, -0.2) is 0 Å². The normalized spacial score (nSPS) is 26.8. The molecule has 0 bridgehead atoms. The molecule has 4 nitrogen and oxygen atoms in total. The lowest BCUT2D eigenvalue weighted by molar-refractivity contribution is -0.139. The van der Waals surface area contributed by atoms with Gasteiger partial charge in [0.25, 0.3) is 5.91 Å². The summed E-state index contributed by atoms with van der Waals surface area (Å²) >= 11 is 5.57. The number of nitrogens with one attached hydrogen (secondary N) is 1. The van der Waals surface area contributed by atoms with Gasteiger partial charge in [0.05, 0.1) is 0 Å². The van der Waals surface area contributed by atoms with E-state index in [0.29, 0.717) is 6.54 Å². The summed E-state index contributed by atoms with van der Waals surface area (Å²) in [6, 6.07) is 9.13. The second-order valence-corrected chi connectivity index (χ2v) is 5.66. The molecule has 1 N–H and O–H groups in total. The van der Waals surface area contributed by atoms with E-state index >= 15 is 0 Å². The Bertz CT molecular complexity index is 559. The van der Waals surface area contributed by atoms with E-state index in [9.17, 15) is 9.59 Å². The molecule has 1 saturated heterocycles. The van der Waals surface area contributed by atoms with E-state index in [1.54, 1.807) is 17.9 Å². The van der Waals surface area contributed by atoms with Crippen LogP contribution in [0.25, 0.3) is 0 Å². The third kappa shape index (κ3) is 3.10. The topological polar surface area (TPSA) is 49.4 Å². The first-order valence-electron chi connectivity index (χ1n) is 6.92. The molecule has 1 aromatic carbocycles. The number of carbonyl (C=O) groups excluding carboxylic acids is 2. The van der Waals surface area contributed by atoms with Crippen molar-refractivity contribution in [1.82, 2.24) is 10.2 Å². The summed E-state index contributed by atoms with van der Waals surface area (Å²) in [6.07, 6.45) is 1.99. The van der Waals surface area contributed by atoms with Crippen molar-refractivity contribution in [2.24, 2.45) is 0 Å². The van der Waals surface area contributed by atoms with Crippen molar-refractivity contribution < 1.29 is 9.59 Å². The zero-order chi connectivity index (χ0) is 15.5. The van der Waals surface area contributed by atoms with Gasteiger partial charge in [-0.1, -0.05) is 48.0 Å². The minimum atomic E-state index is -1.05. The highest BCUT2D eigenvalue weighted by Crippen LogP contribution is 2.27. The lowest BCUT2D eigenvalue weighted by atomic mass is 9.90. The number of carbonyl (C=O) groups is 2. The predicted octanol–water partition coefficient (Wildman–Crippen LogP) is 2.39. The summed E-state index contributed by atoms with van der Waals surface area (Å²) in [7, 11) is 0. The van der Waals surface area contributed by atoms with E-state index in [1.165, 1.54) is 5.54 Å². The number of amides is 2. The molecule has 112 valence electrons. The second kappa shape index (κ2) is 6.31. The molecule has 1 aliphatic heterocycles. The van der Waals surface area contributed by atoms with Crippen LogP contribution < -0.4 is 5.32 Å². The van der Waals surface area contributed by atoms with Gasteiger partial charge < -0.3 is 10.2 Å². The van der Waals surface area contributed by atoms with Crippen LogP contribution >= 0.6 is 11.6 Å². The van der Waals surface area contributed by atoms with Crippen LogP contribution in [0.1, 0.15) is 25.8 Å². The molecule has 0 aromatic heterocycles. The molecule has 2 rings (SSSR count). The molecule has 0 spiro atoms. The van der Waals surface area contributed by atoms with Gasteiger partial charge in [0.2, 0.25) is 5.91 Å². The van der Waals surface area contributed by atoms with E-state index in [2.05, 4.69) is 5.32 Å². The van der Waals surface area contributed by atoms with E-state index in [1.807, 2.05) is 37.3 Å². The molecule has 2 atom stereocenters. The Kier molecular flexibility index (Phi) is 4.68. The molecule has 1 fully saturated rings. The third-order valence-corrected chi connectivity index (χ3v) is 4.01. The van der Waals surface area contributed by atoms with Crippen LogP contribution in [0.2, 0.25) is 0 Å². The lowest BCUT2D eigenvalue weighted by Gasteiger charge is -2.34. The molecular weight excluding hydrogens is 288 g/mol. The summed E-state index contributed by atoms with van der Waals surface area (Å²) in [5.41, 5.74) is 1.11. The number of hydrogen-bond donors (Lipinski definition) is 1. The molecule has 5 heteroatoms. The highest BCUT2D eigenvalue weighted by Gasteiger charge is 2.43. The van der Waals surface area contributed by atoms with Gasteiger partial charge in [0.15, 0.2) is 0 Å². The monoisotopic (exact) mass is 306 g/mol. The fourth-order valence-corrected chi connectivity index (χ4v) is 2.71. The summed E-state index contributed by atoms with van der Waals surface area (Å²) in [5, 5.41) is 2.87. The molecule has 21 heavy (non-hydrogen) atoms. The SMILES string of the molecule is CC1CC(=O)NC(C)(c2ccccc2)C(=O)N1C/C=C/Cl. The molecule has 0 radical (unpaired) electrons. The van der Waals surface area contributed by atoms with E-state index in [-0.39, 0.29) is 24.3 Å². The zero-order valence-corrected chi connectivity index (χ0v) is 12.9. The summed E-state index contributed by atoms with van der Waals surface area (Å²) in [5.74, 6) is -0.249. The maximum atomic E-state index is 13.0. The first-order chi connectivity index (χ1) is 9.99. The molecule has 2 amide bonds. The van der Waals surface area contributed by atoms with Crippen molar-refractivity contribution in [2.75, 3.05) is 6.54 Å². The third-order valence-electron chi connectivity index (χ3n) is 3.83. The van der Waals surface area contributed by atoms with E-state index in [0.717, 1.165) is 5.56 Å². The van der Waals surface area contributed by atoms with Gasteiger partial charge in [-0.2, -0.15) is 0 Å². The van der Waals surface area contributed by atoms with Crippen molar-refractivity contribution in [3.05, 3.63) is 47.5 Å². The first-order valence-corrected chi connectivity index (χ1v) is 7.35. The van der Waals surface area contributed by atoms with Crippen molar-refractivity contribution >= 4 is 23.4 Å².